The first kappa shape index (κ1) is 29.1. The molecule has 2 aliphatic rings. The molecule has 2 saturated heterocycles. The molecule has 2 aromatic rings. The highest BCUT2D eigenvalue weighted by Gasteiger charge is 2.50. The van der Waals surface area contributed by atoms with Crippen molar-refractivity contribution in [3.63, 3.8) is 0 Å². The van der Waals surface area contributed by atoms with Gasteiger partial charge in [0.1, 0.15) is 17.9 Å². The lowest BCUT2D eigenvalue weighted by atomic mass is 9.76. The van der Waals surface area contributed by atoms with Crippen molar-refractivity contribution in [2.75, 3.05) is 58.3 Å². The highest BCUT2D eigenvalue weighted by molar-refractivity contribution is 5.97. The Balaban J connectivity index is 1.49. The SMILES string of the molecule is CCN(C(=O)c1cc(F)ccc1Oc1nncnc1N1CCC2(C1)CN([C@H](CCN(C)C)C(C)C)C2)C(C)C. The molecule has 3 heterocycles. The molecule has 4 rings (SSSR count). The highest BCUT2D eigenvalue weighted by Crippen LogP contribution is 2.44. The Morgan fingerprint density at radius 2 is 1.92 bits per heavy atom. The summed E-state index contributed by atoms with van der Waals surface area (Å²) in [7, 11) is 4.27. The third-order valence-electron chi connectivity index (χ3n) is 8.10. The number of anilines is 1. The zero-order valence-corrected chi connectivity index (χ0v) is 24.5. The number of halogens is 1. The maximum atomic E-state index is 14.2. The van der Waals surface area contributed by atoms with Crippen LogP contribution in [0.1, 0.15) is 57.8 Å². The third kappa shape index (κ3) is 6.49. The van der Waals surface area contributed by atoms with Crippen molar-refractivity contribution in [2.45, 2.75) is 59.5 Å². The van der Waals surface area contributed by atoms with E-state index in [-0.39, 0.29) is 34.6 Å². The maximum Gasteiger partial charge on any atom is 0.282 e. The number of ether oxygens (including phenoxy) is 1. The van der Waals surface area contributed by atoms with Gasteiger partial charge in [0.2, 0.25) is 0 Å². The van der Waals surface area contributed by atoms with E-state index >= 15 is 0 Å². The van der Waals surface area contributed by atoms with Gasteiger partial charge in [-0.2, -0.15) is 0 Å². The van der Waals surface area contributed by atoms with Crippen LogP contribution in [-0.4, -0.2) is 101 Å². The van der Waals surface area contributed by atoms with Crippen LogP contribution in [-0.2, 0) is 0 Å². The Bertz CT molecular complexity index is 1140. The van der Waals surface area contributed by atoms with Gasteiger partial charge < -0.3 is 19.4 Å². The molecule has 1 aromatic heterocycles. The summed E-state index contributed by atoms with van der Waals surface area (Å²) in [6.45, 7) is 15.9. The van der Waals surface area contributed by atoms with Crippen LogP contribution in [0, 0.1) is 17.2 Å². The van der Waals surface area contributed by atoms with Crippen LogP contribution in [0.2, 0.25) is 0 Å². The molecule has 9 nitrogen and oxygen atoms in total. The van der Waals surface area contributed by atoms with E-state index in [0.29, 0.717) is 24.3 Å². The summed E-state index contributed by atoms with van der Waals surface area (Å²) in [5.74, 6) is 0.900. The molecule has 2 fully saturated rings. The first-order chi connectivity index (χ1) is 18.5. The van der Waals surface area contributed by atoms with E-state index in [9.17, 15) is 9.18 Å². The van der Waals surface area contributed by atoms with E-state index in [1.165, 1.54) is 30.9 Å². The minimum absolute atomic E-state index is 0.0339. The average Bonchev–Trinajstić information content (AvgIpc) is 3.30. The van der Waals surface area contributed by atoms with Gasteiger partial charge in [0.25, 0.3) is 11.8 Å². The number of benzene rings is 1. The van der Waals surface area contributed by atoms with Crippen LogP contribution in [0.15, 0.2) is 24.5 Å². The molecule has 10 heteroatoms. The monoisotopic (exact) mass is 541 g/mol. The molecule has 1 atom stereocenters. The smallest absolute Gasteiger partial charge is 0.282 e. The molecule has 0 radical (unpaired) electrons. The number of carbonyl (C=O) groups excluding carboxylic acids is 1. The average molecular weight is 542 g/mol. The molecule has 1 amide bonds. The summed E-state index contributed by atoms with van der Waals surface area (Å²) in [5, 5.41) is 8.18. The second kappa shape index (κ2) is 12.1. The Kier molecular flexibility index (Phi) is 9.06. The van der Waals surface area contributed by atoms with Crippen molar-refractivity contribution in [2.24, 2.45) is 11.3 Å². The number of aromatic nitrogens is 3. The molecule has 1 spiro atoms. The summed E-state index contributed by atoms with van der Waals surface area (Å²) in [5.41, 5.74) is 0.385. The first-order valence-electron chi connectivity index (χ1n) is 14.1. The first-order valence-corrected chi connectivity index (χ1v) is 14.1. The number of nitrogens with zero attached hydrogens (tertiary/aromatic N) is 7. The molecule has 0 saturated carbocycles. The molecular weight excluding hydrogens is 497 g/mol. The summed E-state index contributed by atoms with van der Waals surface area (Å²) in [6.07, 6.45) is 3.67. The minimum Gasteiger partial charge on any atom is -0.434 e. The van der Waals surface area contributed by atoms with Crippen LogP contribution >= 0.6 is 0 Å². The van der Waals surface area contributed by atoms with Gasteiger partial charge >= 0.3 is 0 Å². The van der Waals surface area contributed by atoms with E-state index in [1.54, 1.807) is 4.90 Å². The zero-order valence-electron chi connectivity index (χ0n) is 24.5. The van der Waals surface area contributed by atoms with Crippen molar-refractivity contribution >= 4 is 11.7 Å². The van der Waals surface area contributed by atoms with Crippen molar-refractivity contribution in [1.29, 1.82) is 0 Å². The normalized spacial score (nSPS) is 17.8. The highest BCUT2D eigenvalue weighted by atomic mass is 19.1. The van der Waals surface area contributed by atoms with Gasteiger partial charge in [-0.15, -0.1) is 10.2 Å². The van der Waals surface area contributed by atoms with Gasteiger partial charge in [0.15, 0.2) is 5.82 Å². The van der Waals surface area contributed by atoms with E-state index in [1.807, 2.05) is 20.8 Å². The van der Waals surface area contributed by atoms with Crippen LogP contribution in [0.3, 0.4) is 0 Å². The third-order valence-corrected chi connectivity index (χ3v) is 8.10. The Labute approximate surface area is 232 Å². The Morgan fingerprint density at radius 1 is 1.18 bits per heavy atom. The van der Waals surface area contributed by atoms with Gasteiger partial charge in [-0.05, 0) is 78.4 Å². The molecule has 0 aliphatic carbocycles. The lowest BCUT2D eigenvalue weighted by Gasteiger charge is -2.53. The van der Waals surface area contributed by atoms with Crippen LogP contribution in [0.25, 0.3) is 0 Å². The number of amides is 1. The minimum atomic E-state index is -0.496. The second-order valence-electron chi connectivity index (χ2n) is 12.0. The van der Waals surface area contributed by atoms with E-state index in [0.717, 1.165) is 39.1 Å². The molecule has 1 aromatic carbocycles. The summed E-state index contributed by atoms with van der Waals surface area (Å²) in [6, 6.07) is 4.53. The van der Waals surface area contributed by atoms with Gasteiger partial charge in [-0.25, -0.2) is 9.37 Å². The van der Waals surface area contributed by atoms with Crippen molar-refractivity contribution in [1.82, 2.24) is 29.9 Å². The van der Waals surface area contributed by atoms with Gasteiger partial charge in [-0.3, -0.25) is 9.69 Å². The van der Waals surface area contributed by atoms with Gasteiger partial charge in [-0.1, -0.05) is 13.8 Å². The van der Waals surface area contributed by atoms with Gasteiger partial charge in [0.05, 0.1) is 5.56 Å². The van der Waals surface area contributed by atoms with Crippen LogP contribution in [0.5, 0.6) is 11.6 Å². The molecule has 0 bridgehead atoms. The second-order valence-corrected chi connectivity index (χ2v) is 12.0. The molecular formula is C29H44FN7O2. The van der Waals surface area contributed by atoms with Crippen LogP contribution in [0.4, 0.5) is 10.2 Å². The lowest BCUT2D eigenvalue weighted by Crippen LogP contribution is -2.62. The summed E-state index contributed by atoms with van der Waals surface area (Å²) in [4.78, 5) is 26.6. The van der Waals surface area contributed by atoms with Gasteiger partial charge in [0, 0.05) is 50.2 Å². The largest absolute Gasteiger partial charge is 0.434 e. The summed E-state index contributed by atoms with van der Waals surface area (Å²) < 4.78 is 20.4. The molecule has 0 unspecified atom stereocenters. The lowest BCUT2D eigenvalue weighted by molar-refractivity contribution is -0.0349. The predicted molar refractivity (Wildman–Crippen MR) is 151 cm³/mol. The standard InChI is InChI=1S/C29H44FN7O2/c1-8-37(21(4)5)28(38)23-15-22(30)9-10-25(23)39-27-26(31-19-32-33-27)35-14-12-29(16-35)17-36(18-29)24(20(2)3)11-13-34(6)7/h9-10,15,19-21,24H,8,11-14,16-18H2,1-7H3/t24-/m1/s1. The van der Waals surface area contributed by atoms with Crippen LogP contribution < -0.4 is 9.64 Å². The Morgan fingerprint density at radius 3 is 2.56 bits per heavy atom. The summed E-state index contributed by atoms with van der Waals surface area (Å²) >= 11 is 0. The van der Waals surface area contributed by atoms with E-state index in [2.05, 4.69) is 57.8 Å². The fourth-order valence-electron chi connectivity index (χ4n) is 6.05. The number of hydrogen-bond acceptors (Lipinski definition) is 8. The number of rotatable bonds is 11. The molecule has 2 aliphatic heterocycles. The molecule has 0 N–H and O–H groups in total. The predicted octanol–water partition coefficient (Wildman–Crippen LogP) is 4.16. The molecule has 214 valence electrons. The van der Waals surface area contributed by atoms with Crippen molar-refractivity contribution < 1.29 is 13.9 Å². The van der Waals surface area contributed by atoms with E-state index in [4.69, 9.17) is 4.74 Å². The maximum absolute atomic E-state index is 14.2. The fraction of sp³-hybridized carbons (Fsp3) is 0.655. The quantitative estimate of drug-likeness (QED) is 0.420. The van der Waals surface area contributed by atoms with Crippen molar-refractivity contribution in [3.05, 3.63) is 35.9 Å². The number of hydrogen-bond donors (Lipinski definition) is 0. The fourth-order valence-corrected chi connectivity index (χ4v) is 6.05. The Hall–Kier alpha value is -2.85. The topological polar surface area (TPSA) is 77.9 Å². The number of likely N-dealkylation sites (tertiary alicyclic amines) is 1. The van der Waals surface area contributed by atoms with Crippen molar-refractivity contribution in [3.8, 4) is 11.6 Å². The number of carbonyl (C=O) groups is 1. The zero-order chi connectivity index (χ0) is 28.3. The van der Waals surface area contributed by atoms with E-state index < -0.39 is 5.82 Å². The molecule has 39 heavy (non-hydrogen) atoms.